The maximum absolute atomic E-state index is 13.5. The van der Waals surface area contributed by atoms with Gasteiger partial charge in [-0.15, -0.1) is 0 Å². The fourth-order valence-corrected chi connectivity index (χ4v) is 4.84. The number of thioether (sulfide) groups is 1. The minimum Gasteiger partial charge on any atom is -0.325 e. The van der Waals surface area contributed by atoms with Crippen LogP contribution in [-0.4, -0.2) is 21.2 Å². The highest BCUT2D eigenvalue weighted by Gasteiger charge is 2.18. The lowest BCUT2D eigenvalue weighted by molar-refractivity contribution is -0.113. The molecule has 0 spiro atoms. The van der Waals surface area contributed by atoms with Crippen LogP contribution in [0.25, 0.3) is 16.6 Å². The number of rotatable bonds is 7. The number of para-hydroxylation sites is 2. The number of hydrogen-bond acceptors (Lipinski definition) is 4. The van der Waals surface area contributed by atoms with Gasteiger partial charge in [0.1, 0.15) is 5.82 Å². The van der Waals surface area contributed by atoms with Gasteiger partial charge in [0.05, 0.1) is 22.3 Å². The predicted molar refractivity (Wildman–Crippen MR) is 141 cm³/mol. The van der Waals surface area contributed by atoms with E-state index in [0.717, 1.165) is 16.8 Å². The van der Waals surface area contributed by atoms with Crippen molar-refractivity contribution in [2.75, 3.05) is 11.1 Å². The van der Waals surface area contributed by atoms with Crippen LogP contribution in [0.5, 0.6) is 0 Å². The van der Waals surface area contributed by atoms with Crippen LogP contribution in [-0.2, 0) is 4.79 Å². The van der Waals surface area contributed by atoms with Crippen LogP contribution < -0.4 is 10.9 Å². The molecule has 1 aromatic heterocycles. The Morgan fingerprint density at radius 3 is 2.20 bits per heavy atom. The zero-order chi connectivity index (χ0) is 25.1. The highest BCUT2D eigenvalue weighted by Crippen LogP contribution is 2.32. The number of amides is 1. The molecule has 1 amide bonds. The highest BCUT2D eigenvalue weighted by molar-refractivity contribution is 7.99. The Bertz CT molecular complexity index is 1400. The second-order valence-electron chi connectivity index (χ2n) is 8.99. The van der Waals surface area contributed by atoms with Crippen LogP contribution in [0.2, 0.25) is 0 Å². The Morgan fingerprint density at radius 2 is 1.57 bits per heavy atom. The zero-order valence-corrected chi connectivity index (χ0v) is 21.0. The summed E-state index contributed by atoms with van der Waals surface area (Å²) in [5.74, 6) is -0.00690. The molecule has 0 atom stereocenters. The number of anilines is 1. The Kier molecular flexibility index (Phi) is 7.36. The second kappa shape index (κ2) is 10.4. The van der Waals surface area contributed by atoms with E-state index in [-0.39, 0.29) is 29.1 Å². The fraction of sp³-hybridized carbons (Fsp3) is 0.250. The highest BCUT2D eigenvalue weighted by atomic mass is 32.2. The van der Waals surface area contributed by atoms with Crippen molar-refractivity contribution in [1.29, 1.82) is 0 Å². The molecule has 1 N–H and O–H groups in total. The molecule has 0 aliphatic carbocycles. The Hall–Kier alpha value is -3.45. The van der Waals surface area contributed by atoms with E-state index in [1.54, 1.807) is 18.2 Å². The molecular formula is C28H28FN3O2S. The smallest absolute Gasteiger partial charge is 0.266 e. The van der Waals surface area contributed by atoms with Crippen molar-refractivity contribution < 1.29 is 9.18 Å². The van der Waals surface area contributed by atoms with Crippen molar-refractivity contribution in [1.82, 2.24) is 9.55 Å². The molecule has 7 heteroatoms. The number of nitrogens with zero attached hydrogens (tertiary/aromatic N) is 2. The van der Waals surface area contributed by atoms with E-state index in [4.69, 9.17) is 0 Å². The molecule has 3 aromatic carbocycles. The zero-order valence-electron chi connectivity index (χ0n) is 20.2. The number of nitrogens with one attached hydrogen (secondary N) is 1. The lowest BCUT2D eigenvalue weighted by Crippen LogP contribution is -2.23. The summed E-state index contributed by atoms with van der Waals surface area (Å²) in [5, 5.41) is 3.93. The summed E-state index contributed by atoms with van der Waals surface area (Å²) in [7, 11) is 0. The van der Waals surface area contributed by atoms with Crippen molar-refractivity contribution >= 4 is 34.3 Å². The SMILES string of the molecule is CC(C)c1cccc(C(C)C)c1NC(=O)CSc1nc2ccccc2c(=O)n1-c1ccc(F)cc1. The maximum Gasteiger partial charge on any atom is 0.266 e. The molecule has 180 valence electrons. The molecule has 0 bridgehead atoms. The van der Waals surface area contributed by atoms with Crippen LogP contribution in [0, 0.1) is 5.82 Å². The van der Waals surface area contributed by atoms with Crippen LogP contribution in [0.3, 0.4) is 0 Å². The van der Waals surface area contributed by atoms with E-state index in [0.29, 0.717) is 21.7 Å². The molecule has 35 heavy (non-hydrogen) atoms. The van der Waals surface area contributed by atoms with Gasteiger partial charge in [0.25, 0.3) is 5.56 Å². The summed E-state index contributed by atoms with van der Waals surface area (Å²) in [6.07, 6.45) is 0. The Morgan fingerprint density at radius 1 is 0.943 bits per heavy atom. The fourth-order valence-electron chi connectivity index (χ4n) is 4.03. The van der Waals surface area contributed by atoms with E-state index in [1.165, 1.54) is 40.6 Å². The van der Waals surface area contributed by atoms with Gasteiger partial charge in [-0.1, -0.05) is 69.8 Å². The van der Waals surface area contributed by atoms with E-state index < -0.39 is 5.82 Å². The summed E-state index contributed by atoms with van der Waals surface area (Å²) in [4.78, 5) is 31.1. The summed E-state index contributed by atoms with van der Waals surface area (Å²) < 4.78 is 15.0. The number of hydrogen-bond donors (Lipinski definition) is 1. The molecule has 0 saturated heterocycles. The third kappa shape index (κ3) is 5.30. The van der Waals surface area contributed by atoms with Crippen molar-refractivity contribution in [2.45, 2.75) is 44.7 Å². The quantitative estimate of drug-likeness (QED) is 0.238. The monoisotopic (exact) mass is 489 g/mol. The van der Waals surface area contributed by atoms with Gasteiger partial charge in [-0.3, -0.25) is 14.2 Å². The number of benzene rings is 3. The summed E-state index contributed by atoms with van der Waals surface area (Å²) in [6, 6.07) is 18.8. The van der Waals surface area contributed by atoms with Crippen molar-refractivity contribution in [3.05, 3.63) is 94.0 Å². The Balaban J connectivity index is 1.67. The number of carbonyl (C=O) groups is 1. The van der Waals surface area contributed by atoms with Crippen LogP contribution >= 0.6 is 11.8 Å². The number of halogens is 1. The normalized spacial score (nSPS) is 11.4. The molecular weight excluding hydrogens is 461 g/mol. The first-order chi connectivity index (χ1) is 16.8. The number of aromatic nitrogens is 2. The molecule has 4 aromatic rings. The molecule has 0 unspecified atom stereocenters. The topological polar surface area (TPSA) is 64.0 Å². The minimum atomic E-state index is -0.395. The van der Waals surface area contributed by atoms with Gasteiger partial charge in [0.15, 0.2) is 5.16 Å². The summed E-state index contributed by atoms with van der Waals surface area (Å²) in [5.41, 5.74) is 3.79. The van der Waals surface area contributed by atoms with E-state index in [1.807, 2.05) is 24.3 Å². The average Bonchev–Trinajstić information content (AvgIpc) is 2.83. The lowest BCUT2D eigenvalue weighted by atomic mass is 9.92. The Labute approximate surface area is 208 Å². The average molecular weight is 490 g/mol. The van der Waals surface area contributed by atoms with E-state index in [2.05, 4.69) is 38.0 Å². The van der Waals surface area contributed by atoms with Crippen LogP contribution in [0.4, 0.5) is 10.1 Å². The first kappa shape index (κ1) is 24.7. The molecule has 1 heterocycles. The molecule has 4 rings (SSSR count). The van der Waals surface area contributed by atoms with Crippen molar-refractivity contribution in [3.8, 4) is 5.69 Å². The molecule has 0 radical (unpaired) electrons. The van der Waals surface area contributed by atoms with Crippen molar-refractivity contribution in [2.24, 2.45) is 0 Å². The number of carbonyl (C=O) groups excluding carboxylic acids is 1. The van der Waals surface area contributed by atoms with Gasteiger partial charge in [-0.05, 0) is 59.4 Å². The van der Waals surface area contributed by atoms with E-state index >= 15 is 0 Å². The van der Waals surface area contributed by atoms with Gasteiger partial charge in [0.2, 0.25) is 5.91 Å². The molecule has 0 fully saturated rings. The standard InChI is InChI=1S/C28H28FN3O2S/c1-17(2)21-9-7-10-22(18(3)4)26(21)31-25(33)16-35-28-30-24-11-6-5-8-23(24)27(34)32(28)20-14-12-19(29)13-15-20/h5-15,17-18H,16H2,1-4H3,(H,31,33). The lowest BCUT2D eigenvalue weighted by Gasteiger charge is -2.20. The van der Waals surface area contributed by atoms with Crippen LogP contribution in [0.1, 0.15) is 50.7 Å². The molecule has 0 saturated carbocycles. The van der Waals surface area contributed by atoms with Gasteiger partial charge >= 0.3 is 0 Å². The third-order valence-corrected chi connectivity index (χ3v) is 6.74. The molecule has 5 nitrogen and oxygen atoms in total. The van der Waals surface area contributed by atoms with Gasteiger partial charge in [-0.2, -0.15) is 0 Å². The summed E-state index contributed by atoms with van der Waals surface area (Å²) >= 11 is 1.18. The van der Waals surface area contributed by atoms with Gasteiger partial charge in [-0.25, -0.2) is 9.37 Å². The predicted octanol–water partition coefficient (Wildman–Crippen LogP) is 6.50. The van der Waals surface area contributed by atoms with E-state index in [9.17, 15) is 14.0 Å². The minimum absolute atomic E-state index is 0.0654. The number of fused-ring (bicyclic) bond motifs is 1. The third-order valence-electron chi connectivity index (χ3n) is 5.80. The summed E-state index contributed by atoms with van der Waals surface area (Å²) in [6.45, 7) is 8.41. The first-order valence-electron chi connectivity index (χ1n) is 11.6. The second-order valence-corrected chi connectivity index (χ2v) is 9.93. The largest absolute Gasteiger partial charge is 0.325 e. The van der Waals surface area contributed by atoms with Crippen LogP contribution in [0.15, 0.2) is 76.7 Å². The van der Waals surface area contributed by atoms with Gasteiger partial charge < -0.3 is 5.32 Å². The van der Waals surface area contributed by atoms with Crippen molar-refractivity contribution in [3.63, 3.8) is 0 Å². The molecule has 0 aliphatic rings. The maximum atomic E-state index is 13.5. The molecule has 0 aliphatic heterocycles. The first-order valence-corrected chi connectivity index (χ1v) is 12.6. The van der Waals surface area contributed by atoms with Gasteiger partial charge in [0, 0.05) is 5.69 Å².